The summed E-state index contributed by atoms with van der Waals surface area (Å²) in [5, 5.41) is 3.34. The molecule has 0 radical (unpaired) electrons. The van der Waals surface area contributed by atoms with Crippen molar-refractivity contribution < 1.29 is 4.79 Å². The average Bonchev–Trinajstić information content (AvgIpc) is 2.91. The molecule has 1 aromatic carbocycles. The molecule has 1 amide bonds. The van der Waals surface area contributed by atoms with Crippen LogP contribution < -0.4 is 5.32 Å². The maximum atomic E-state index is 12.7. The standard InChI is InChI=1S/C16H17ClN2OS/c1-19(10-12-5-6-15(17)21-12)16(20)14-4-2-3-11-9-18-8-7-13(11)14/h2-6,18H,7-10H2,1H3. The molecular weight excluding hydrogens is 304 g/mol. The Labute approximate surface area is 133 Å². The van der Waals surface area contributed by atoms with Gasteiger partial charge in [-0.1, -0.05) is 23.7 Å². The molecule has 1 aromatic heterocycles. The van der Waals surface area contributed by atoms with E-state index < -0.39 is 0 Å². The van der Waals surface area contributed by atoms with Gasteiger partial charge in [0, 0.05) is 24.0 Å². The lowest BCUT2D eigenvalue weighted by Crippen LogP contribution is -2.30. The van der Waals surface area contributed by atoms with Gasteiger partial charge in [-0.3, -0.25) is 4.79 Å². The third-order valence-corrected chi connectivity index (χ3v) is 4.96. The summed E-state index contributed by atoms with van der Waals surface area (Å²) in [5.74, 6) is 0.0817. The van der Waals surface area contributed by atoms with Crippen LogP contribution in [0.4, 0.5) is 0 Å². The van der Waals surface area contributed by atoms with Crippen molar-refractivity contribution >= 4 is 28.8 Å². The second-order valence-corrected chi connectivity index (χ2v) is 7.04. The Bertz CT molecular complexity index is 668. The van der Waals surface area contributed by atoms with Crippen LogP contribution in [0.3, 0.4) is 0 Å². The second-order valence-electron chi connectivity index (χ2n) is 5.24. The van der Waals surface area contributed by atoms with E-state index in [1.54, 1.807) is 4.90 Å². The quantitative estimate of drug-likeness (QED) is 0.941. The van der Waals surface area contributed by atoms with E-state index in [0.717, 1.165) is 34.3 Å². The zero-order chi connectivity index (χ0) is 14.8. The van der Waals surface area contributed by atoms with Crippen LogP contribution in [-0.4, -0.2) is 24.4 Å². The molecule has 3 rings (SSSR count). The number of amides is 1. The largest absolute Gasteiger partial charge is 0.337 e. The van der Waals surface area contributed by atoms with Gasteiger partial charge in [0.1, 0.15) is 0 Å². The molecule has 110 valence electrons. The summed E-state index contributed by atoms with van der Waals surface area (Å²) in [5.41, 5.74) is 3.26. The number of halogens is 1. The Balaban J connectivity index is 1.81. The summed E-state index contributed by atoms with van der Waals surface area (Å²) < 4.78 is 0.758. The van der Waals surface area contributed by atoms with Gasteiger partial charge in [0.25, 0.3) is 5.91 Å². The molecule has 1 N–H and O–H groups in total. The van der Waals surface area contributed by atoms with Gasteiger partial charge in [0.15, 0.2) is 0 Å². The normalized spacial score (nSPS) is 13.8. The van der Waals surface area contributed by atoms with Gasteiger partial charge < -0.3 is 10.2 Å². The van der Waals surface area contributed by atoms with E-state index in [0.29, 0.717) is 6.54 Å². The van der Waals surface area contributed by atoms with Crippen molar-refractivity contribution in [3.63, 3.8) is 0 Å². The number of carbonyl (C=O) groups excluding carboxylic acids is 1. The van der Waals surface area contributed by atoms with E-state index in [1.807, 2.05) is 31.3 Å². The summed E-state index contributed by atoms with van der Waals surface area (Å²) in [6.45, 7) is 2.38. The number of benzene rings is 1. The molecule has 0 saturated heterocycles. The fourth-order valence-electron chi connectivity index (χ4n) is 2.68. The van der Waals surface area contributed by atoms with Crippen molar-refractivity contribution in [2.45, 2.75) is 19.5 Å². The highest BCUT2D eigenvalue weighted by Gasteiger charge is 2.20. The highest BCUT2D eigenvalue weighted by molar-refractivity contribution is 7.16. The number of hydrogen-bond donors (Lipinski definition) is 1. The number of nitrogens with zero attached hydrogens (tertiary/aromatic N) is 1. The Morgan fingerprint density at radius 3 is 3.00 bits per heavy atom. The number of fused-ring (bicyclic) bond motifs is 1. The van der Waals surface area contributed by atoms with Crippen molar-refractivity contribution in [2.24, 2.45) is 0 Å². The lowest BCUT2D eigenvalue weighted by Gasteiger charge is -2.23. The van der Waals surface area contributed by atoms with Crippen LogP contribution in [0.25, 0.3) is 0 Å². The summed E-state index contributed by atoms with van der Waals surface area (Å²) in [6, 6.07) is 9.84. The Kier molecular flexibility index (Phi) is 4.29. The van der Waals surface area contributed by atoms with Crippen molar-refractivity contribution in [1.82, 2.24) is 10.2 Å². The predicted octanol–water partition coefficient (Wildman–Crippen LogP) is 3.32. The van der Waals surface area contributed by atoms with Gasteiger partial charge in [-0.25, -0.2) is 0 Å². The molecule has 0 atom stereocenters. The summed E-state index contributed by atoms with van der Waals surface area (Å²) in [7, 11) is 1.84. The first-order chi connectivity index (χ1) is 10.1. The van der Waals surface area contributed by atoms with Gasteiger partial charge in [-0.2, -0.15) is 0 Å². The van der Waals surface area contributed by atoms with Crippen LogP contribution in [-0.2, 0) is 19.5 Å². The summed E-state index contributed by atoms with van der Waals surface area (Å²) in [6.07, 6.45) is 0.913. The molecule has 0 aliphatic carbocycles. The SMILES string of the molecule is CN(Cc1ccc(Cl)s1)C(=O)c1cccc2c1CCNC2. The topological polar surface area (TPSA) is 32.3 Å². The summed E-state index contributed by atoms with van der Waals surface area (Å²) in [4.78, 5) is 15.6. The highest BCUT2D eigenvalue weighted by atomic mass is 35.5. The lowest BCUT2D eigenvalue weighted by molar-refractivity contribution is 0.0785. The van der Waals surface area contributed by atoms with Gasteiger partial charge >= 0.3 is 0 Å². The third kappa shape index (κ3) is 3.12. The molecular formula is C16H17ClN2OS. The lowest BCUT2D eigenvalue weighted by atomic mass is 9.95. The van der Waals surface area contributed by atoms with E-state index in [2.05, 4.69) is 11.4 Å². The maximum absolute atomic E-state index is 12.7. The van der Waals surface area contributed by atoms with Crippen LogP contribution in [0.5, 0.6) is 0 Å². The predicted molar refractivity (Wildman–Crippen MR) is 87.0 cm³/mol. The van der Waals surface area contributed by atoms with E-state index in [-0.39, 0.29) is 5.91 Å². The number of carbonyl (C=O) groups is 1. The van der Waals surface area contributed by atoms with Gasteiger partial charge in [0.05, 0.1) is 10.9 Å². The van der Waals surface area contributed by atoms with Crippen LogP contribution in [0, 0.1) is 0 Å². The molecule has 21 heavy (non-hydrogen) atoms. The van der Waals surface area contributed by atoms with Gasteiger partial charge in [-0.15, -0.1) is 11.3 Å². The number of rotatable bonds is 3. The molecule has 2 heterocycles. The first-order valence-electron chi connectivity index (χ1n) is 6.96. The number of thiophene rings is 1. The maximum Gasteiger partial charge on any atom is 0.254 e. The molecule has 2 aromatic rings. The zero-order valence-corrected chi connectivity index (χ0v) is 13.4. The van der Waals surface area contributed by atoms with Crippen molar-refractivity contribution in [3.05, 3.63) is 56.2 Å². The molecule has 1 aliphatic heterocycles. The smallest absolute Gasteiger partial charge is 0.254 e. The molecule has 0 bridgehead atoms. The van der Waals surface area contributed by atoms with E-state index in [9.17, 15) is 4.79 Å². The second kappa shape index (κ2) is 6.18. The molecule has 0 saturated carbocycles. The van der Waals surface area contributed by atoms with Gasteiger partial charge in [0.2, 0.25) is 0 Å². The van der Waals surface area contributed by atoms with Crippen LogP contribution in [0.1, 0.15) is 26.4 Å². The Morgan fingerprint density at radius 2 is 2.24 bits per heavy atom. The Morgan fingerprint density at radius 1 is 1.38 bits per heavy atom. The van der Waals surface area contributed by atoms with Crippen molar-refractivity contribution in [1.29, 1.82) is 0 Å². The minimum Gasteiger partial charge on any atom is -0.337 e. The molecule has 5 heteroatoms. The monoisotopic (exact) mass is 320 g/mol. The van der Waals surface area contributed by atoms with Crippen LogP contribution in [0.15, 0.2) is 30.3 Å². The van der Waals surface area contributed by atoms with Crippen LogP contribution >= 0.6 is 22.9 Å². The fraction of sp³-hybridized carbons (Fsp3) is 0.312. The molecule has 0 spiro atoms. The minimum absolute atomic E-state index is 0.0817. The highest BCUT2D eigenvalue weighted by Crippen LogP contribution is 2.24. The van der Waals surface area contributed by atoms with Crippen molar-refractivity contribution in [3.8, 4) is 0 Å². The first-order valence-corrected chi connectivity index (χ1v) is 8.16. The van der Waals surface area contributed by atoms with Gasteiger partial charge in [-0.05, 0) is 42.3 Å². The van der Waals surface area contributed by atoms with Crippen molar-refractivity contribution in [2.75, 3.05) is 13.6 Å². The Hall–Kier alpha value is -1.36. The number of hydrogen-bond acceptors (Lipinski definition) is 3. The number of nitrogens with one attached hydrogen (secondary N) is 1. The molecule has 0 unspecified atom stereocenters. The van der Waals surface area contributed by atoms with Crippen LogP contribution in [0.2, 0.25) is 4.34 Å². The average molecular weight is 321 g/mol. The molecule has 3 nitrogen and oxygen atoms in total. The first kappa shape index (κ1) is 14.6. The molecule has 0 fully saturated rings. The molecule has 1 aliphatic rings. The minimum atomic E-state index is 0.0817. The van der Waals surface area contributed by atoms with E-state index >= 15 is 0 Å². The third-order valence-electron chi connectivity index (χ3n) is 3.74. The zero-order valence-electron chi connectivity index (χ0n) is 11.9. The van der Waals surface area contributed by atoms with E-state index in [1.165, 1.54) is 22.5 Å². The summed E-state index contributed by atoms with van der Waals surface area (Å²) >= 11 is 7.46. The van der Waals surface area contributed by atoms with E-state index in [4.69, 9.17) is 11.6 Å². The fourth-order valence-corrected chi connectivity index (χ4v) is 3.82.